The van der Waals surface area contributed by atoms with Crippen molar-refractivity contribution in [2.24, 2.45) is 0 Å². The number of methoxy groups -OCH3 is 1. The van der Waals surface area contributed by atoms with Crippen molar-refractivity contribution in [3.63, 3.8) is 0 Å². The number of nitrogens with one attached hydrogen (secondary N) is 1. The van der Waals surface area contributed by atoms with Gasteiger partial charge < -0.3 is 10.1 Å². The molecule has 1 aliphatic carbocycles. The van der Waals surface area contributed by atoms with Gasteiger partial charge in [-0.2, -0.15) is 5.10 Å². The summed E-state index contributed by atoms with van der Waals surface area (Å²) in [5.74, 6) is 0.551. The van der Waals surface area contributed by atoms with Crippen LogP contribution in [-0.4, -0.2) is 33.9 Å². The third kappa shape index (κ3) is 2.92. The van der Waals surface area contributed by atoms with Crippen molar-refractivity contribution < 1.29 is 9.53 Å². The second-order valence-corrected chi connectivity index (χ2v) is 7.03. The first kappa shape index (κ1) is 16.9. The summed E-state index contributed by atoms with van der Waals surface area (Å²) in [5.41, 5.74) is 4.28. The third-order valence-corrected chi connectivity index (χ3v) is 5.35. The molecule has 0 unspecified atom stereocenters. The molecule has 0 atom stereocenters. The Balaban J connectivity index is 1.73. The van der Waals surface area contributed by atoms with Gasteiger partial charge in [0, 0.05) is 17.6 Å². The summed E-state index contributed by atoms with van der Waals surface area (Å²) in [6, 6.07) is 7.26. The van der Waals surface area contributed by atoms with E-state index in [4.69, 9.17) is 4.74 Å². The number of carbonyl (C=O) groups is 1. The Bertz CT molecular complexity index is 966. The van der Waals surface area contributed by atoms with Crippen molar-refractivity contribution in [1.82, 2.24) is 14.6 Å². The van der Waals surface area contributed by atoms with Gasteiger partial charge in [0.15, 0.2) is 5.65 Å². The Morgan fingerprint density at radius 1 is 1.23 bits per heavy atom. The number of carbonyl (C=O) groups excluding carboxylic acids is 1. The number of rotatable bonds is 4. The van der Waals surface area contributed by atoms with Gasteiger partial charge in [0.25, 0.3) is 5.91 Å². The first-order valence-electron chi connectivity index (χ1n) is 8.60. The van der Waals surface area contributed by atoms with Crippen LogP contribution in [0.1, 0.15) is 34.5 Å². The molecule has 26 heavy (non-hydrogen) atoms. The van der Waals surface area contributed by atoms with E-state index in [0.717, 1.165) is 25.0 Å². The molecule has 3 aromatic rings. The van der Waals surface area contributed by atoms with Crippen molar-refractivity contribution in [3.05, 3.63) is 47.3 Å². The quantitative estimate of drug-likeness (QED) is 0.713. The molecule has 1 aromatic carbocycles. The topological polar surface area (TPSA) is 68.5 Å². The Labute approximate surface area is 156 Å². The zero-order valence-corrected chi connectivity index (χ0v) is 15.6. The molecule has 134 valence electrons. The molecular weight excluding hydrogens is 348 g/mol. The minimum Gasteiger partial charge on any atom is -0.497 e. The zero-order valence-electron chi connectivity index (χ0n) is 14.8. The van der Waals surface area contributed by atoms with E-state index in [1.165, 1.54) is 29.4 Å². The molecule has 0 saturated carbocycles. The molecule has 1 N–H and O–H groups in total. The van der Waals surface area contributed by atoms with Crippen LogP contribution in [0.15, 0.2) is 35.5 Å². The molecule has 0 saturated heterocycles. The molecule has 0 aliphatic heterocycles. The van der Waals surface area contributed by atoms with Crippen LogP contribution in [0.3, 0.4) is 0 Å². The second-order valence-electron chi connectivity index (χ2n) is 6.24. The number of nitrogens with zero attached hydrogens (tertiary/aromatic N) is 3. The normalized spacial score (nSPS) is 13.5. The standard InChI is InChI=1S/C19H20N4O2S/c1-25-14-9-7-13(8-10-14)21-18(24)16-17-20-11-12-5-3-4-6-15(12)23(17)22-19(16)26-2/h7-11H,3-6H2,1-2H3,(H,21,24). The van der Waals surface area contributed by atoms with Crippen LogP contribution >= 0.6 is 11.8 Å². The Morgan fingerprint density at radius 3 is 2.73 bits per heavy atom. The fourth-order valence-electron chi connectivity index (χ4n) is 3.34. The predicted octanol–water partition coefficient (Wildman–Crippen LogP) is 3.59. The molecule has 1 amide bonds. The van der Waals surface area contributed by atoms with E-state index in [0.29, 0.717) is 21.9 Å². The Kier molecular flexibility index (Phi) is 4.55. The number of fused-ring (bicyclic) bond motifs is 3. The average Bonchev–Trinajstić information content (AvgIpc) is 3.08. The van der Waals surface area contributed by atoms with Gasteiger partial charge in [-0.1, -0.05) is 0 Å². The molecule has 4 rings (SSSR count). The minimum absolute atomic E-state index is 0.197. The van der Waals surface area contributed by atoms with Crippen LogP contribution < -0.4 is 10.1 Å². The lowest BCUT2D eigenvalue weighted by atomic mass is 9.97. The van der Waals surface area contributed by atoms with Gasteiger partial charge in [0.1, 0.15) is 16.3 Å². The summed E-state index contributed by atoms with van der Waals surface area (Å²) >= 11 is 1.46. The van der Waals surface area contributed by atoms with E-state index < -0.39 is 0 Å². The summed E-state index contributed by atoms with van der Waals surface area (Å²) in [6.45, 7) is 0. The molecule has 0 spiro atoms. The maximum Gasteiger partial charge on any atom is 0.262 e. The minimum atomic E-state index is -0.197. The van der Waals surface area contributed by atoms with Crippen LogP contribution in [0.5, 0.6) is 5.75 Å². The van der Waals surface area contributed by atoms with Gasteiger partial charge in [-0.05, 0) is 61.8 Å². The molecule has 7 heteroatoms. The number of hydrogen-bond acceptors (Lipinski definition) is 5. The monoisotopic (exact) mass is 368 g/mol. The van der Waals surface area contributed by atoms with Crippen molar-refractivity contribution >= 4 is 29.0 Å². The number of aryl methyl sites for hydroxylation is 2. The number of amides is 1. The number of ether oxygens (including phenoxy) is 1. The molecule has 0 bridgehead atoms. The summed E-state index contributed by atoms with van der Waals surface area (Å²) in [5, 5.41) is 8.31. The number of aromatic nitrogens is 3. The smallest absolute Gasteiger partial charge is 0.262 e. The largest absolute Gasteiger partial charge is 0.497 e. The van der Waals surface area contributed by atoms with E-state index in [1.807, 2.05) is 41.2 Å². The van der Waals surface area contributed by atoms with E-state index in [9.17, 15) is 4.79 Å². The highest BCUT2D eigenvalue weighted by Gasteiger charge is 2.24. The lowest BCUT2D eigenvalue weighted by Gasteiger charge is -2.15. The van der Waals surface area contributed by atoms with Crippen molar-refractivity contribution in [1.29, 1.82) is 0 Å². The highest BCUT2D eigenvalue weighted by Crippen LogP contribution is 2.28. The maximum atomic E-state index is 12.9. The van der Waals surface area contributed by atoms with Crippen LogP contribution in [-0.2, 0) is 12.8 Å². The van der Waals surface area contributed by atoms with E-state index in [-0.39, 0.29) is 5.91 Å². The number of thioether (sulfide) groups is 1. The highest BCUT2D eigenvalue weighted by molar-refractivity contribution is 7.98. The summed E-state index contributed by atoms with van der Waals surface area (Å²) < 4.78 is 7.02. The van der Waals surface area contributed by atoms with Crippen LogP contribution in [0.4, 0.5) is 5.69 Å². The van der Waals surface area contributed by atoms with Crippen molar-refractivity contribution in [3.8, 4) is 5.75 Å². The highest BCUT2D eigenvalue weighted by atomic mass is 32.2. The lowest BCUT2D eigenvalue weighted by Crippen LogP contribution is -2.14. The molecule has 2 heterocycles. The van der Waals surface area contributed by atoms with Crippen molar-refractivity contribution in [2.75, 3.05) is 18.7 Å². The second kappa shape index (κ2) is 6.99. The Hall–Kier alpha value is -2.54. The maximum absolute atomic E-state index is 12.9. The Morgan fingerprint density at radius 2 is 2.00 bits per heavy atom. The molecule has 2 aromatic heterocycles. The fraction of sp³-hybridized carbons (Fsp3) is 0.316. The summed E-state index contributed by atoms with van der Waals surface area (Å²) in [4.78, 5) is 17.5. The molecule has 0 fully saturated rings. The third-order valence-electron chi connectivity index (χ3n) is 4.68. The SMILES string of the molecule is COc1ccc(NC(=O)c2c(SC)nn3c4c(cnc23)CCCC4)cc1. The number of hydrogen-bond donors (Lipinski definition) is 1. The van der Waals surface area contributed by atoms with Gasteiger partial charge in [-0.15, -0.1) is 11.8 Å². The van der Waals surface area contributed by atoms with Gasteiger partial charge >= 0.3 is 0 Å². The average molecular weight is 368 g/mol. The van der Waals surface area contributed by atoms with Crippen molar-refractivity contribution in [2.45, 2.75) is 30.7 Å². The van der Waals surface area contributed by atoms with Gasteiger partial charge in [0.05, 0.1) is 7.11 Å². The van der Waals surface area contributed by atoms with Crippen LogP contribution in [0.2, 0.25) is 0 Å². The van der Waals surface area contributed by atoms with Gasteiger partial charge in [0.2, 0.25) is 0 Å². The van der Waals surface area contributed by atoms with Gasteiger partial charge in [-0.3, -0.25) is 4.79 Å². The number of benzene rings is 1. The lowest BCUT2D eigenvalue weighted by molar-refractivity contribution is 0.102. The van der Waals surface area contributed by atoms with E-state index in [2.05, 4.69) is 15.4 Å². The fourth-order valence-corrected chi connectivity index (χ4v) is 3.89. The molecule has 6 nitrogen and oxygen atoms in total. The number of anilines is 1. The van der Waals surface area contributed by atoms with E-state index in [1.54, 1.807) is 7.11 Å². The van der Waals surface area contributed by atoms with Gasteiger partial charge in [-0.25, -0.2) is 9.50 Å². The molecule has 0 radical (unpaired) electrons. The summed E-state index contributed by atoms with van der Waals surface area (Å²) in [6.07, 6.45) is 8.16. The predicted molar refractivity (Wildman–Crippen MR) is 102 cm³/mol. The molecule has 1 aliphatic rings. The van der Waals surface area contributed by atoms with Crippen LogP contribution in [0, 0.1) is 0 Å². The molecular formula is C19H20N4O2S. The van der Waals surface area contributed by atoms with Crippen LogP contribution in [0.25, 0.3) is 5.65 Å². The summed E-state index contributed by atoms with van der Waals surface area (Å²) in [7, 11) is 1.61. The first-order chi connectivity index (χ1) is 12.7. The zero-order chi connectivity index (χ0) is 18.1. The first-order valence-corrected chi connectivity index (χ1v) is 9.82. The van der Waals surface area contributed by atoms with E-state index >= 15 is 0 Å².